The van der Waals surface area contributed by atoms with Gasteiger partial charge in [-0.25, -0.2) is 0 Å². The lowest BCUT2D eigenvalue weighted by Gasteiger charge is -2.29. The molecular weight excluding hydrogens is 264 g/mol. The van der Waals surface area contributed by atoms with Crippen molar-refractivity contribution in [2.75, 3.05) is 27.2 Å². The first-order valence-corrected chi connectivity index (χ1v) is 7.71. The van der Waals surface area contributed by atoms with Crippen LogP contribution in [0.25, 0.3) is 0 Å². The summed E-state index contributed by atoms with van der Waals surface area (Å²) in [4.78, 5) is 14.5. The number of para-hydroxylation sites is 1. The molecule has 0 radical (unpaired) electrons. The van der Waals surface area contributed by atoms with E-state index < -0.39 is 0 Å². The summed E-state index contributed by atoms with van der Waals surface area (Å²) >= 11 is 0. The minimum Gasteiger partial charge on any atom is -0.496 e. The highest BCUT2D eigenvalue weighted by Gasteiger charge is 2.20. The van der Waals surface area contributed by atoms with Crippen molar-refractivity contribution in [2.45, 2.75) is 38.1 Å². The molecule has 2 rings (SSSR count). The van der Waals surface area contributed by atoms with Gasteiger partial charge in [-0.1, -0.05) is 25.1 Å². The summed E-state index contributed by atoms with van der Waals surface area (Å²) < 4.78 is 5.37. The van der Waals surface area contributed by atoms with E-state index in [1.54, 1.807) is 7.11 Å². The molecule has 0 aliphatic carbocycles. The standard InChI is InChI=1S/C17H26N2O2/c1-13(15-6-4-5-7-16(15)21-3)12-17(20)18-14-8-10-19(2)11-9-14/h4-7,13-14H,8-12H2,1-3H3,(H,18,20). The molecule has 1 aromatic carbocycles. The fraction of sp³-hybridized carbons (Fsp3) is 0.588. The van der Waals surface area contributed by atoms with Gasteiger partial charge in [0.05, 0.1) is 7.11 Å². The normalized spacial score (nSPS) is 18.2. The Morgan fingerprint density at radius 2 is 2.05 bits per heavy atom. The fourth-order valence-electron chi connectivity index (χ4n) is 2.90. The van der Waals surface area contributed by atoms with E-state index >= 15 is 0 Å². The van der Waals surface area contributed by atoms with E-state index in [0.29, 0.717) is 12.5 Å². The van der Waals surface area contributed by atoms with Gasteiger partial charge in [-0.3, -0.25) is 4.79 Å². The predicted molar refractivity (Wildman–Crippen MR) is 84.7 cm³/mol. The third-order valence-electron chi connectivity index (χ3n) is 4.25. The van der Waals surface area contributed by atoms with Crippen molar-refractivity contribution in [3.05, 3.63) is 29.8 Å². The Morgan fingerprint density at radius 3 is 2.71 bits per heavy atom. The Morgan fingerprint density at radius 1 is 1.38 bits per heavy atom. The number of piperidine rings is 1. The van der Waals surface area contributed by atoms with Crippen molar-refractivity contribution < 1.29 is 9.53 Å². The van der Waals surface area contributed by atoms with Gasteiger partial charge in [0, 0.05) is 12.5 Å². The van der Waals surface area contributed by atoms with E-state index in [1.165, 1.54) is 0 Å². The average molecular weight is 290 g/mol. The second-order valence-corrected chi connectivity index (χ2v) is 5.99. The number of methoxy groups -OCH3 is 1. The molecule has 1 aromatic rings. The molecule has 1 atom stereocenters. The quantitative estimate of drug-likeness (QED) is 0.905. The zero-order chi connectivity index (χ0) is 15.2. The number of amides is 1. The van der Waals surface area contributed by atoms with Crippen molar-refractivity contribution in [3.63, 3.8) is 0 Å². The SMILES string of the molecule is COc1ccccc1C(C)CC(=O)NC1CCN(C)CC1. The van der Waals surface area contributed by atoms with E-state index in [0.717, 1.165) is 37.2 Å². The van der Waals surface area contributed by atoms with Crippen molar-refractivity contribution in [1.82, 2.24) is 10.2 Å². The highest BCUT2D eigenvalue weighted by Crippen LogP contribution is 2.28. The van der Waals surface area contributed by atoms with Crippen LogP contribution in [-0.4, -0.2) is 44.1 Å². The van der Waals surface area contributed by atoms with E-state index in [1.807, 2.05) is 24.3 Å². The Kier molecular flexibility index (Phi) is 5.62. The number of likely N-dealkylation sites (tertiary alicyclic amines) is 1. The third kappa shape index (κ3) is 4.46. The molecule has 21 heavy (non-hydrogen) atoms. The minimum absolute atomic E-state index is 0.142. The molecule has 116 valence electrons. The molecule has 1 heterocycles. The van der Waals surface area contributed by atoms with Gasteiger partial charge in [0.15, 0.2) is 0 Å². The Labute approximate surface area is 127 Å². The van der Waals surface area contributed by atoms with Gasteiger partial charge in [0.2, 0.25) is 5.91 Å². The molecule has 1 aliphatic rings. The van der Waals surface area contributed by atoms with Gasteiger partial charge in [-0.05, 0) is 50.5 Å². The molecule has 0 saturated carbocycles. The molecule has 1 N–H and O–H groups in total. The van der Waals surface area contributed by atoms with Crippen LogP contribution in [0.3, 0.4) is 0 Å². The van der Waals surface area contributed by atoms with Crippen LogP contribution in [0.15, 0.2) is 24.3 Å². The van der Waals surface area contributed by atoms with Gasteiger partial charge in [-0.15, -0.1) is 0 Å². The van der Waals surface area contributed by atoms with Crippen LogP contribution in [0.5, 0.6) is 5.75 Å². The first kappa shape index (κ1) is 15.8. The highest BCUT2D eigenvalue weighted by atomic mass is 16.5. The zero-order valence-corrected chi connectivity index (χ0v) is 13.3. The van der Waals surface area contributed by atoms with Crippen LogP contribution in [0.4, 0.5) is 0 Å². The molecule has 0 bridgehead atoms. The Bertz CT molecular complexity index is 468. The summed E-state index contributed by atoms with van der Waals surface area (Å²) in [5.74, 6) is 1.16. The fourth-order valence-corrected chi connectivity index (χ4v) is 2.90. The summed E-state index contributed by atoms with van der Waals surface area (Å²) in [6.07, 6.45) is 2.60. The smallest absolute Gasteiger partial charge is 0.220 e. The summed E-state index contributed by atoms with van der Waals surface area (Å²) in [6.45, 7) is 4.20. The van der Waals surface area contributed by atoms with Gasteiger partial charge in [0.1, 0.15) is 5.75 Å². The number of carbonyl (C=O) groups is 1. The largest absolute Gasteiger partial charge is 0.496 e. The molecule has 1 amide bonds. The predicted octanol–water partition coefficient (Wildman–Crippen LogP) is 2.40. The average Bonchev–Trinajstić information content (AvgIpc) is 2.49. The van der Waals surface area contributed by atoms with Crippen LogP contribution in [0, 0.1) is 0 Å². The number of ether oxygens (including phenoxy) is 1. The summed E-state index contributed by atoms with van der Waals surface area (Å²) in [7, 11) is 3.80. The van der Waals surface area contributed by atoms with Crippen LogP contribution in [0.1, 0.15) is 37.7 Å². The maximum Gasteiger partial charge on any atom is 0.220 e. The molecule has 1 unspecified atom stereocenters. The van der Waals surface area contributed by atoms with E-state index in [-0.39, 0.29) is 11.8 Å². The Hall–Kier alpha value is -1.55. The molecule has 0 aromatic heterocycles. The maximum absolute atomic E-state index is 12.2. The molecule has 1 fully saturated rings. The molecular formula is C17H26N2O2. The first-order valence-electron chi connectivity index (χ1n) is 7.71. The number of benzene rings is 1. The minimum atomic E-state index is 0.142. The monoisotopic (exact) mass is 290 g/mol. The van der Waals surface area contributed by atoms with Crippen molar-refractivity contribution in [2.24, 2.45) is 0 Å². The van der Waals surface area contributed by atoms with Crippen LogP contribution >= 0.6 is 0 Å². The lowest BCUT2D eigenvalue weighted by Crippen LogP contribution is -2.43. The number of nitrogens with zero attached hydrogens (tertiary/aromatic N) is 1. The number of nitrogens with one attached hydrogen (secondary N) is 1. The molecule has 4 nitrogen and oxygen atoms in total. The third-order valence-corrected chi connectivity index (χ3v) is 4.25. The van der Waals surface area contributed by atoms with Crippen molar-refractivity contribution in [1.29, 1.82) is 0 Å². The van der Waals surface area contributed by atoms with E-state index in [2.05, 4.69) is 24.2 Å². The zero-order valence-electron chi connectivity index (χ0n) is 13.3. The van der Waals surface area contributed by atoms with Crippen LogP contribution in [-0.2, 0) is 4.79 Å². The van der Waals surface area contributed by atoms with Crippen LogP contribution in [0.2, 0.25) is 0 Å². The molecule has 4 heteroatoms. The lowest BCUT2D eigenvalue weighted by atomic mass is 9.96. The number of carbonyl (C=O) groups excluding carboxylic acids is 1. The summed E-state index contributed by atoms with van der Waals surface area (Å²) in [6, 6.07) is 8.25. The van der Waals surface area contributed by atoms with E-state index in [9.17, 15) is 4.79 Å². The molecule has 0 spiro atoms. The Balaban J connectivity index is 1.87. The van der Waals surface area contributed by atoms with Crippen molar-refractivity contribution in [3.8, 4) is 5.75 Å². The maximum atomic E-state index is 12.2. The topological polar surface area (TPSA) is 41.6 Å². The lowest BCUT2D eigenvalue weighted by molar-refractivity contribution is -0.122. The molecule has 1 saturated heterocycles. The number of rotatable bonds is 5. The summed E-state index contributed by atoms with van der Waals surface area (Å²) in [5, 5.41) is 3.17. The van der Waals surface area contributed by atoms with Crippen molar-refractivity contribution >= 4 is 5.91 Å². The first-order chi connectivity index (χ1) is 10.1. The van der Waals surface area contributed by atoms with Crippen LogP contribution < -0.4 is 10.1 Å². The van der Waals surface area contributed by atoms with E-state index in [4.69, 9.17) is 4.74 Å². The van der Waals surface area contributed by atoms with Gasteiger partial charge >= 0.3 is 0 Å². The van der Waals surface area contributed by atoms with Gasteiger partial charge in [-0.2, -0.15) is 0 Å². The number of hydrogen-bond donors (Lipinski definition) is 1. The highest BCUT2D eigenvalue weighted by molar-refractivity contribution is 5.77. The summed E-state index contributed by atoms with van der Waals surface area (Å²) in [5.41, 5.74) is 1.10. The van der Waals surface area contributed by atoms with Gasteiger partial charge < -0.3 is 15.0 Å². The van der Waals surface area contributed by atoms with Gasteiger partial charge in [0.25, 0.3) is 0 Å². The second kappa shape index (κ2) is 7.46. The number of hydrogen-bond acceptors (Lipinski definition) is 3. The second-order valence-electron chi connectivity index (χ2n) is 5.99. The molecule has 1 aliphatic heterocycles.